The Morgan fingerprint density at radius 1 is 1.55 bits per heavy atom. The molecule has 66 valence electrons. The molecular weight excluding hydrogens is 138 g/mol. The molecule has 2 nitrogen and oxygen atoms in total. The Hall–Kier alpha value is -0.0800. The van der Waals surface area contributed by atoms with Crippen molar-refractivity contribution in [1.29, 1.82) is 0 Å². The lowest BCUT2D eigenvalue weighted by molar-refractivity contribution is -0.0729. The number of ether oxygens (including phenoxy) is 1. The predicted molar refractivity (Wildman–Crippen MR) is 46.7 cm³/mol. The van der Waals surface area contributed by atoms with Crippen molar-refractivity contribution in [2.75, 3.05) is 13.2 Å². The Kier molecular flexibility index (Phi) is 2.90. The molecule has 0 aromatic heterocycles. The molecule has 1 rings (SSSR count). The van der Waals surface area contributed by atoms with E-state index in [0.717, 1.165) is 19.6 Å². The van der Waals surface area contributed by atoms with Gasteiger partial charge >= 0.3 is 0 Å². The molecule has 1 fully saturated rings. The summed E-state index contributed by atoms with van der Waals surface area (Å²) < 4.78 is 5.76. The molecule has 0 radical (unpaired) electrons. The third-order valence-corrected chi connectivity index (χ3v) is 2.64. The first-order valence-electron chi connectivity index (χ1n) is 4.57. The van der Waals surface area contributed by atoms with Crippen molar-refractivity contribution in [3.63, 3.8) is 0 Å². The van der Waals surface area contributed by atoms with Crippen molar-refractivity contribution >= 4 is 0 Å². The average molecular weight is 157 g/mol. The number of nitrogens with one attached hydrogen (secondary N) is 1. The summed E-state index contributed by atoms with van der Waals surface area (Å²) in [6.07, 6.45) is 2.26. The van der Waals surface area contributed by atoms with E-state index in [1.54, 1.807) is 0 Å². The van der Waals surface area contributed by atoms with Crippen LogP contribution >= 0.6 is 0 Å². The SMILES string of the molecule is CCC1COC(C)(CC)CN1. The minimum atomic E-state index is 0.0890. The molecule has 2 heteroatoms. The third-order valence-electron chi connectivity index (χ3n) is 2.64. The van der Waals surface area contributed by atoms with Crippen LogP contribution in [0.4, 0.5) is 0 Å². The molecule has 1 aliphatic heterocycles. The summed E-state index contributed by atoms with van der Waals surface area (Å²) in [6.45, 7) is 8.41. The van der Waals surface area contributed by atoms with Crippen molar-refractivity contribution in [3.8, 4) is 0 Å². The van der Waals surface area contributed by atoms with E-state index in [0.29, 0.717) is 6.04 Å². The Labute approximate surface area is 69.3 Å². The van der Waals surface area contributed by atoms with Crippen LogP contribution in [-0.2, 0) is 4.74 Å². The minimum absolute atomic E-state index is 0.0890. The first-order valence-corrected chi connectivity index (χ1v) is 4.57. The fraction of sp³-hybridized carbons (Fsp3) is 1.00. The molecule has 1 saturated heterocycles. The van der Waals surface area contributed by atoms with E-state index in [1.807, 2.05) is 0 Å². The first kappa shape index (κ1) is 9.01. The normalized spacial score (nSPS) is 39.0. The maximum Gasteiger partial charge on any atom is 0.0776 e. The summed E-state index contributed by atoms with van der Waals surface area (Å²) in [5.74, 6) is 0. The van der Waals surface area contributed by atoms with Crippen LogP contribution in [-0.4, -0.2) is 24.8 Å². The quantitative estimate of drug-likeness (QED) is 0.656. The van der Waals surface area contributed by atoms with Crippen LogP contribution in [0.5, 0.6) is 0 Å². The van der Waals surface area contributed by atoms with E-state index in [-0.39, 0.29) is 5.60 Å². The summed E-state index contributed by atoms with van der Waals surface area (Å²) >= 11 is 0. The lowest BCUT2D eigenvalue weighted by atomic mass is 10.0. The van der Waals surface area contributed by atoms with Gasteiger partial charge in [0.1, 0.15) is 0 Å². The molecule has 0 aromatic rings. The van der Waals surface area contributed by atoms with Gasteiger partial charge in [-0.25, -0.2) is 0 Å². The number of rotatable bonds is 2. The lowest BCUT2D eigenvalue weighted by Gasteiger charge is -2.37. The second kappa shape index (κ2) is 3.55. The van der Waals surface area contributed by atoms with Gasteiger partial charge in [0.05, 0.1) is 12.2 Å². The molecule has 1 heterocycles. The predicted octanol–water partition coefficient (Wildman–Crippen LogP) is 1.55. The van der Waals surface area contributed by atoms with Gasteiger partial charge in [0.25, 0.3) is 0 Å². The molecule has 0 bridgehead atoms. The molecular formula is C9H19NO. The van der Waals surface area contributed by atoms with Gasteiger partial charge in [0.2, 0.25) is 0 Å². The van der Waals surface area contributed by atoms with Crippen molar-refractivity contribution in [3.05, 3.63) is 0 Å². The molecule has 11 heavy (non-hydrogen) atoms. The lowest BCUT2D eigenvalue weighted by Crippen LogP contribution is -2.52. The van der Waals surface area contributed by atoms with Crippen LogP contribution in [0.3, 0.4) is 0 Å². The second-order valence-corrected chi connectivity index (χ2v) is 3.60. The van der Waals surface area contributed by atoms with E-state index in [2.05, 4.69) is 26.1 Å². The van der Waals surface area contributed by atoms with Crippen LogP contribution in [0.25, 0.3) is 0 Å². The molecule has 2 atom stereocenters. The highest BCUT2D eigenvalue weighted by molar-refractivity contribution is 4.83. The van der Waals surface area contributed by atoms with Gasteiger partial charge in [-0.2, -0.15) is 0 Å². The highest BCUT2D eigenvalue weighted by atomic mass is 16.5. The maximum absolute atomic E-state index is 5.76. The zero-order valence-electron chi connectivity index (χ0n) is 7.81. The van der Waals surface area contributed by atoms with E-state index in [9.17, 15) is 0 Å². The average Bonchev–Trinajstić information content (AvgIpc) is 2.06. The maximum atomic E-state index is 5.76. The fourth-order valence-electron chi connectivity index (χ4n) is 1.26. The van der Waals surface area contributed by atoms with Crippen LogP contribution in [0.15, 0.2) is 0 Å². The van der Waals surface area contributed by atoms with E-state index in [1.165, 1.54) is 6.42 Å². The summed E-state index contributed by atoms with van der Waals surface area (Å²) in [5.41, 5.74) is 0.0890. The third kappa shape index (κ3) is 2.17. The first-order chi connectivity index (χ1) is 5.20. The summed E-state index contributed by atoms with van der Waals surface area (Å²) in [7, 11) is 0. The largest absolute Gasteiger partial charge is 0.372 e. The second-order valence-electron chi connectivity index (χ2n) is 3.60. The van der Waals surface area contributed by atoms with Crippen LogP contribution in [0.1, 0.15) is 33.6 Å². The minimum Gasteiger partial charge on any atom is -0.372 e. The molecule has 1 aliphatic rings. The van der Waals surface area contributed by atoms with Gasteiger partial charge in [-0.05, 0) is 19.8 Å². The Balaban J connectivity index is 2.35. The highest BCUT2D eigenvalue weighted by Gasteiger charge is 2.28. The van der Waals surface area contributed by atoms with Gasteiger partial charge in [0, 0.05) is 12.6 Å². The summed E-state index contributed by atoms with van der Waals surface area (Å²) in [6, 6.07) is 0.578. The van der Waals surface area contributed by atoms with Crippen LogP contribution in [0.2, 0.25) is 0 Å². The highest BCUT2D eigenvalue weighted by Crippen LogP contribution is 2.18. The van der Waals surface area contributed by atoms with E-state index >= 15 is 0 Å². The van der Waals surface area contributed by atoms with E-state index < -0.39 is 0 Å². The van der Waals surface area contributed by atoms with Gasteiger partial charge in [-0.3, -0.25) is 0 Å². The van der Waals surface area contributed by atoms with E-state index in [4.69, 9.17) is 4.74 Å². The van der Waals surface area contributed by atoms with Gasteiger partial charge in [0.15, 0.2) is 0 Å². The van der Waals surface area contributed by atoms with Gasteiger partial charge < -0.3 is 10.1 Å². The number of hydrogen-bond acceptors (Lipinski definition) is 2. The van der Waals surface area contributed by atoms with Crippen molar-refractivity contribution < 1.29 is 4.74 Å². The van der Waals surface area contributed by atoms with Crippen molar-refractivity contribution in [2.24, 2.45) is 0 Å². The zero-order chi connectivity index (χ0) is 8.32. The number of hydrogen-bond donors (Lipinski definition) is 1. The topological polar surface area (TPSA) is 21.3 Å². The molecule has 0 spiro atoms. The molecule has 1 N–H and O–H groups in total. The van der Waals surface area contributed by atoms with Gasteiger partial charge in [-0.15, -0.1) is 0 Å². The molecule has 2 unspecified atom stereocenters. The van der Waals surface area contributed by atoms with Crippen LogP contribution in [0, 0.1) is 0 Å². The standard InChI is InChI=1S/C9H19NO/c1-4-8-6-11-9(3,5-2)7-10-8/h8,10H,4-7H2,1-3H3. The van der Waals surface area contributed by atoms with Gasteiger partial charge in [-0.1, -0.05) is 13.8 Å². The van der Waals surface area contributed by atoms with Crippen molar-refractivity contribution in [1.82, 2.24) is 5.32 Å². The molecule has 0 aliphatic carbocycles. The zero-order valence-corrected chi connectivity index (χ0v) is 7.81. The molecule has 0 saturated carbocycles. The fourth-order valence-corrected chi connectivity index (χ4v) is 1.26. The number of morpholine rings is 1. The Bertz CT molecular complexity index is 117. The smallest absolute Gasteiger partial charge is 0.0776 e. The van der Waals surface area contributed by atoms with Crippen molar-refractivity contribution in [2.45, 2.75) is 45.3 Å². The Morgan fingerprint density at radius 3 is 2.64 bits per heavy atom. The van der Waals surface area contributed by atoms with Crippen LogP contribution < -0.4 is 5.32 Å². The molecule has 0 aromatic carbocycles. The monoisotopic (exact) mass is 157 g/mol. The summed E-state index contributed by atoms with van der Waals surface area (Å²) in [4.78, 5) is 0. The summed E-state index contributed by atoms with van der Waals surface area (Å²) in [5, 5.41) is 3.49. The Morgan fingerprint density at radius 2 is 2.27 bits per heavy atom. The molecule has 0 amide bonds.